The molecule has 1 unspecified atom stereocenters. The number of ether oxygens (including phenoxy) is 1. The number of hydrogen-bond donors (Lipinski definition) is 2. The van der Waals surface area contributed by atoms with Crippen LogP contribution in [0.3, 0.4) is 0 Å². The molecule has 6 heteroatoms. The van der Waals surface area contributed by atoms with Gasteiger partial charge in [0.05, 0.1) is 0 Å². The fourth-order valence-corrected chi connectivity index (χ4v) is 1.76. The number of carbonyl (C=O) groups is 1. The van der Waals surface area contributed by atoms with E-state index in [9.17, 15) is 4.79 Å². The van der Waals surface area contributed by atoms with E-state index in [2.05, 4.69) is 34.4 Å². The van der Waals surface area contributed by atoms with Crippen molar-refractivity contribution in [3.05, 3.63) is 18.1 Å². The van der Waals surface area contributed by atoms with Gasteiger partial charge in [-0.05, 0) is 39.5 Å². The predicted octanol–water partition coefficient (Wildman–Crippen LogP) is 3.32. The van der Waals surface area contributed by atoms with Crippen molar-refractivity contribution in [2.75, 3.05) is 18.4 Å². The summed E-state index contributed by atoms with van der Waals surface area (Å²) in [6.45, 7) is 11.1. The van der Waals surface area contributed by atoms with Gasteiger partial charge in [-0.25, -0.2) is 14.8 Å². The monoisotopic (exact) mass is 308 g/mol. The molecule has 1 heterocycles. The number of nitrogens with zero attached hydrogens (tertiary/aromatic N) is 2. The first-order valence-electron chi connectivity index (χ1n) is 7.84. The van der Waals surface area contributed by atoms with E-state index >= 15 is 0 Å². The molecule has 0 spiro atoms. The van der Waals surface area contributed by atoms with Crippen molar-refractivity contribution in [3.63, 3.8) is 0 Å². The molecule has 0 aliphatic heterocycles. The Balaban J connectivity index is 2.26. The van der Waals surface area contributed by atoms with E-state index in [-0.39, 0.29) is 6.09 Å². The molecular formula is C16H28N4O2. The van der Waals surface area contributed by atoms with Gasteiger partial charge in [-0.1, -0.05) is 13.8 Å². The van der Waals surface area contributed by atoms with E-state index in [1.54, 1.807) is 6.33 Å². The van der Waals surface area contributed by atoms with Gasteiger partial charge in [-0.2, -0.15) is 0 Å². The van der Waals surface area contributed by atoms with Crippen molar-refractivity contribution in [1.29, 1.82) is 0 Å². The van der Waals surface area contributed by atoms with Gasteiger partial charge >= 0.3 is 6.09 Å². The Morgan fingerprint density at radius 2 is 2.05 bits per heavy atom. The highest BCUT2D eigenvalue weighted by Gasteiger charge is 2.15. The smallest absolute Gasteiger partial charge is 0.407 e. The van der Waals surface area contributed by atoms with Crippen LogP contribution in [-0.2, 0) is 4.74 Å². The minimum Gasteiger partial charge on any atom is -0.444 e. The maximum atomic E-state index is 11.5. The second-order valence-electron chi connectivity index (χ2n) is 6.35. The maximum absolute atomic E-state index is 11.5. The van der Waals surface area contributed by atoms with Crippen LogP contribution in [0.15, 0.2) is 12.4 Å². The van der Waals surface area contributed by atoms with Crippen molar-refractivity contribution in [3.8, 4) is 0 Å². The molecule has 0 aliphatic carbocycles. The first-order valence-corrected chi connectivity index (χ1v) is 7.84. The van der Waals surface area contributed by atoms with E-state index in [1.165, 1.54) is 0 Å². The number of amides is 1. The zero-order chi connectivity index (χ0) is 16.6. The summed E-state index contributed by atoms with van der Waals surface area (Å²) in [5.41, 5.74) is 0.585. The average molecular weight is 308 g/mol. The highest BCUT2D eigenvalue weighted by atomic mass is 16.6. The SMILES string of the molecule is CCC(C)c1cc(NCCCNC(=O)OC(C)(C)C)ncn1. The van der Waals surface area contributed by atoms with Crippen molar-refractivity contribution >= 4 is 11.9 Å². The summed E-state index contributed by atoms with van der Waals surface area (Å²) in [4.78, 5) is 20.0. The zero-order valence-corrected chi connectivity index (χ0v) is 14.3. The van der Waals surface area contributed by atoms with Crippen LogP contribution in [0.5, 0.6) is 0 Å². The molecule has 0 saturated carbocycles. The fraction of sp³-hybridized carbons (Fsp3) is 0.688. The molecule has 6 nitrogen and oxygen atoms in total. The predicted molar refractivity (Wildman–Crippen MR) is 88.1 cm³/mol. The van der Waals surface area contributed by atoms with Gasteiger partial charge in [0.2, 0.25) is 0 Å². The molecule has 0 bridgehead atoms. The maximum Gasteiger partial charge on any atom is 0.407 e. The quantitative estimate of drug-likeness (QED) is 0.756. The first kappa shape index (κ1) is 18.2. The van der Waals surface area contributed by atoms with Gasteiger partial charge in [-0.15, -0.1) is 0 Å². The van der Waals surface area contributed by atoms with E-state index in [1.807, 2.05) is 26.8 Å². The molecule has 1 rings (SSSR count). The molecule has 0 aliphatic rings. The average Bonchev–Trinajstić information content (AvgIpc) is 2.44. The third-order valence-corrected chi connectivity index (χ3v) is 3.13. The lowest BCUT2D eigenvalue weighted by atomic mass is 10.1. The Hall–Kier alpha value is -1.85. The topological polar surface area (TPSA) is 76.1 Å². The van der Waals surface area contributed by atoms with Crippen LogP contribution in [0.2, 0.25) is 0 Å². The molecule has 0 radical (unpaired) electrons. The number of anilines is 1. The van der Waals surface area contributed by atoms with Crippen molar-refractivity contribution in [2.45, 2.75) is 59.0 Å². The van der Waals surface area contributed by atoms with Crippen LogP contribution < -0.4 is 10.6 Å². The van der Waals surface area contributed by atoms with Gasteiger partial charge in [0.1, 0.15) is 17.7 Å². The van der Waals surface area contributed by atoms with Gasteiger partial charge in [0.25, 0.3) is 0 Å². The van der Waals surface area contributed by atoms with Crippen LogP contribution in [-0.4, -0.2) is 34.8 Å². The second kappa shape index (κ2) is 8.56. The minimum atomic E-state index is -0.463. The molecular weight excluding hydrogens is 280 g/mol. The second-order valence-corrected chi connectivity index (χ2v) is 6.35. The van der Waals surface area contributed by atoms with E-state index in [0.717, 1.165) is 30.9 Å². The number of nitrogens with one attached hydrogen (secondary N) is 2. The number of rotatable bonds is 7. The third kappa shape index (κ3) is 7.24. The number of alkyl carbamates (subject to hydrolysis) is 1. The molecule has 1 aromatic heterocycles. The summed E-state index contributed by atoms with van der Waals surface area (Å²) in [6.07, 6.45) is 3.05. The summed E-state index contributed by atoms with van der Waals surface area (Å²) in [7, 11) is 0. The molecule has 0 aromatic carbocycles. The van der Waals surface area contributed by atoms with E-state index in [4.69, 9.17) is 4.74 Å². The minimum absolute atomic E-state index is 0.381. The van der Waals surface area contributed by atoms with Gasteiger partial charge in [-0.3, -0.25) is 0 Å². The summed E-state index contributed by atoms with van der Waals surface area (Å²) < 4.78 is 5.17. The van der Waals surface area contributed by atoms with Crippen LogP contribution in [0.25, 0.3) is 0 Å². The summed E-state index contributed by atoms with van der Waals surface area (Å²) in [5, 5.41) is 5.97. The van der Waals surface area contributed by atoms with E-state index < -0.39 is 5.60 Å². The lowest BCUT2D eigenvalue weighted by Crippen LogP contribution is -2.33. The Morgan fingerprint density at radius 1 is 1.32 bits per heavy atom. The summed E-state index contributed by atoms with van der Waals surface area (Å²) in [6, 6.07) is 1.98. The Morgan fingerprint density at radius 3 is 2.68 bits per heavy atom. The standard InChI is InChI=1S/C16H28N4O2/c1-6-12(2)13-10-14(20-11-19-13)17-8-7-9-18-15(21)22-16(3,4)5/h10-12H,6-9H2,1-5H3,(H,18,21)(H,17,19,20). The third-order valence-electron chi connectivity index (χ3n) is 3.13. The zero-order valence-electron chi connectivity index (χ0n) is 14.3. The normalized spacial score (nSPS) is 12.6. The molecule has 0 fully saturated rings. The van der Waals surface area contributed by atoms with Gasteiger partial charge < -0.3 is 15.4 Å². The Labute approximate surface area is 133 Å². The number of carbonyl (C=O) groups excluding carboxylic acids is 1. The van der Waals surface area contributed by atoms with Gasteiger partial charge in [0, 0.05) is 24.8 Å². The molecule has 1 amide bonds. The van der Waals surface area contributed by atoms with Crippen LogP contribution in [0.1, 0.15) is 59.1 Å². The lowest BCUT2D eigenvalue weighted by molar-refractivity contribution is 0.0528. The Bertz CT molecular complexity index is 471. The van der Waals surface area contributed by atoms with Crippen LogP contribution in [0, 0.1) is 0 Å². The lowest BCUT2D eigenvalue weighted by Gasteiger charge is -2.19. The van der Waals surface area contributed by atoms with Crippen molar-refractivity contribution in [1.82, 2.24) is 15.3 Å². The fourth-order valence-electron chi connectivity index (χ4n) is 1.76. The number of hydrogen-bond acceptors (Lipinski definition) is 5. The first-order chi connectivity index (χ1) is 10.3. The Kier molecular flexibility index (Phi) is 7.08. The van der Waals surface area contributed by atoms with E-state index in [0.29, 0.717) is 12.5 Å². The highest BCUT2D eigenvalue weighted by Crippen LogP contribution is 2.17. The van der Waals surface area contributed by atoms with Crippen molar-refractivity contribution < 1.29 is 9.53 Å². The molecule has 0 saturated heterocycles. The van der Waals surface area contributed by atoms with Gasteiger partial charge in [0.15, 0.2) is 0 Å². The number of aromatic nitrogens is 2. The largest absolute Gasteiger partial charge is 0.444 e. The van der Waals surface area contributed by atoms with Crippen molar-refractivity contribution in [2.24, 2.45) is 0 Å². The van der Waals surface area contributed by atoms with Crippen LogP contribution in [0.4, 0.5) is 10.6 Å². The molecule has 22 heavy (non-hydrogen) atoms. The van der Waals surface area contributed by atoms with Crippen LogP contribution >= 0.6 is 0 Å². The summed E-state index contributed by atoms with van der Waals surface area (Å²) in [5.74, 6) is 1.25. The summed E-state index contributed by atoms with van der Waals surface area (Å²) >= 11 is 0. The molecule has 1 aromatic rings. The molecule has 124 valence electrons. The highest BCUT2D eigenvalue weighted by molar-refractivity contribution is 5.67. The molecule has 1 atom stereocenters. The molecule has 2 N–H and O–H groups in total.